The van der Waals surface area contributed by atoms with E-state index in [1.807, 2.05) is 12.4 Å². The van der Waals surface area contributed by atoms with E-state index in [1.54, 1.807) is 6.92 Å². The maximum absolute atomic E-state index is 10.6. The molecule has 1 heterocycles. The van der Waals surface area contributed by atoms with Crippen LogP contribution >= 0.6 is 0 Å². The van der Waals surface area contributed by atoms with E-state index >= 15 is 0 Å². The van der Waals surface area contributed by atoms with Crippen LogP contribution in [0.4, 0.5) is 5.69 Å². The van der Waals surface area contributed by atoms with E-state index in [0.29, 0.717) is 29.9 Å². The van der Waals surface area contributed by atoms with Crippen molar-refractivity contribution in [3.63, 3.8) is 0 Å². The molecule has 0 atom stereocenters. The van der Waals surface area contributed by atoms with Gasteiger partial charge < -0.3 is 0 Å². The van der Waals surface area contributed by atoms with E-state index in [0.717, 1.165) is 0 Å². The molecule has 1 aromatic heterocycles. The predicted molar refractivity (Wildman–Crippen MR) is 43.4 cm³/mol. The lowest BCUT2D eigenvalue weighted by atomic mass is 10.3. The molecule has 1 aromatic rings. The minimum absolute atomic E-state index is 0.373. The van der Waals surface area contributed by atoms with Crippen LogP contribution in [0.2, 0.25) is 0 Å². The zero-order chi connectivity index (χ0) is 9.14. The molecule has 0 aliphatic carbocycles. The number of aldehydes is 1. The third-order valence-electron chi connectivity index (χ3n) is 1.69. The first kappa shape index (κ1) is 8.73. The summed E-state index contributed by atoms with van der Waals surface area (Å²) in [6.45, 7) is 4.20. The highest BCUT2D eigenvalue weighted by Crippen LogP contribution is 2.17. The van der Waals surface area contributed by atoms with Gasteiger partial charge in [-0.3, -0.25) is 20.2 Å². The number of nitrogens with zero attached hydrogens (tertiary/aromatic N) is 2. The summed E-state index contributed by atoms with van der Waals surface area (Å²) in [6.07, 6.45) is 0.669. The fourth-order valence-electron chi connectivity index (χ4n) is 1.10. The summed E-state index contributed by atoms with van der Waals surface area (Å²) in [4.78, 5) is 10.6. The number of rotatable bonds is 3. The monoisotopic (exact) mass is 169 g/mol. The van der Waals surface area contributed by atoms with Gasteiger partial charge in [-0.25, -0.2) is 0 Å². The fraction of sp³-hybridized carbons (Fsp3) is 0.429. The Balaban J connectivity index is 3.25. The Labute approximate surface area is 70.0 Å². The molecule has 0 saturated carbocycles. The number of carbonyl (C=O) groups excluding carboxylic acids is 1. The SMILES string of the molecule is CCn1nc(C)c(NO)c1C=O. The Hall–Kier alpha value is -1.36. The van der Waals surface area contributed by atoms with E-state index in [9.17, 15) is 4.79 Å². The van der Waals surface area contributed by atoms with Gasteiger partial charge in [0.2, 0.25) is 0 Å². The van der Waals surface area contributed by atoms with Crippen molar-refractivity contribution in [2.45, 2.75) is 20.4 Å². The topological polar surface area (TPSA) is 67.2 Å². The highest BCUT2D eigenvalue weighted by atomic mass is 16.5. The molecule has 0 fully saturated rings. The van der Waals surface area contributed by atoms with Crippen LogP contribution < -0.4 is 5.48 Å². The molecule has 0 aromatic carbocycles. The lowest BCUT2D eigenvalue weighted by Gasteiger charge is -1.98. The van der Waals surface area contributed by atoms with Gasteiger partial charge in [0.1, 0.15) is 11.4 Å². The van der Waals surface area contributed by atoms with Crippen molar-refractivity contribution in [3.05, 3.63) is 11.4 Å². The van der Waals surface area contributed by atoms with Crippen LogP contribution in [0.3, 0.4) is 0 Å². The van der Waals surface area contributed by atoms with E-state index in [4.69, 9.17) is 5.21 Å². The van der Waals surface area contributed by atoms with Gasteiger partial charge in [-0.05, 0) is 13.8 Å². The van der Waals surface area contributed by atoms with Crippen molar-refractivity contribution in [2.24, 2.45) is 0 Å². The predicted octanol–water partition coefficient (Wildman–Crippen LogP) is 0.825. The standard InChI is InChI=1S/C7H11N3O2/c1-3-10-6(4-11)7(9-12)5(2)8-10/h4,9,12H,3H2,1-2H3. The summed E-state index contributed by atoms with van der Waals surface area (Å²) in [5.74, 6) is 0. The second kappa shape index (κ2) is 3.36. The summed E-state index contributed by atoms with van der Waals surface area (Å²) < 4.78 is 1.53. The van der Waals surface area contributed by atoms with Crippen molar-refractivity contribution < 1.29 is 10.0 Å². The molecule has 0 radical (unpaired) electrons. The first-order valence-electron chi connectivity index (χ1n) is 3.67. The molecule has 0 unspecified atom stereocenters. The minimum Gasteiger partial charge on any atom is -0.296 e. The molecule has 5 nitrogen and oxygen atoms in total. The number of anilines is 1. The highest BCUT2D eigenvalue weighted by molar-refractivity contribution is 5.82. The number of aromatic nitrogens is 2. The van der Waals surface area contributed by atoms with Crippen molar-refractivity contribution >= 4 is 12.0 Å². The van der Waals surface area contributed by atoms with Gasteiger partial charge >= 0.3 is 0 Å². The molecule has 0 amide bonds. The number of carbonyl (C=O) groups is 1. The number of hydrogen-bond acceptors (Lipinski definition) is 4. The zero-order valence-electron chi connectivity index (χ0n) is 7.03. The van der Waals surface area contributed by atoms with Gasteiger partial charge in [0.15, 0.2) is 6.29 Å². The van der Waals surface area contributed by atoms with Crippen LogP contribution in [0, 0.1) is 6.92 Å². The second-order valence-electron chi connectivity index (χ2n) is 2.39. The maximum atomic E-state index is 10.6. The summed E-state index contributed by atoms with van der Waals surface area (Å²) in [5, 5.41) is 12.7. The van der Waals surface area contributed by atoms with E-state index < -0.39 is 0 Å². The molecule has 0 aliphatic heterocycles. The molecular formula is C7H11N3O2. The smallest absolute Gasteiger partial charge is 0.170 e. The average Bonchev–Trinajstić information content (AvgIpc) is 2.40. The number of hydrogen-bond donors (Lipinski definition) is 2. The van der Waals surface area contributed by atoms with Gasteiger partial charge in [0, 0.05) is 6.54 Å². The summed E-state index contributed by atoms with van der Waals surface area (Å²) in [7, 11) is 0. The zero-order valence-corrected chi connectivity index (χ0v) is 7.03. The molecule has 1 rings (SSSR count). The lowest BCUT2D eigenvalue weighted by Crippen LogP contribution is -2.02. The molecule has 0 aliphatic rings. The van der Waals surface area contributed by atoms with E-state index in [1.165, 1.54) is 4.68 Å². The second-order valence-corrected chi connectivity index (χ2v) is 2.39. The first-order valence-corrected chi connectivity index (χ1v) is 3.67. The summed E-state index contributed by atoms with van der Waals surface area (Å²) in [6, 6.07) is 0. The van der Waals surface area contributed by atoms with Crippen LogP contribution in [0.15, 0.2) is 0 Å². The molecule has 0 saturated heterocycles. The average molecular weight is 169 g/mol. The molecule has 66 valence electrons. The molecule has 0 spiro atoms. The first-order chi connectivity index (χ1) is 5.74. The quantitative estimate of drug-likeness (QED) is 0.519. The van der Waals surface area contributed by atoms with Crippen LogP contribution in [0.5, 0.6) is 0 Å². The number of aryl methyl sites for hydroxylation is 2. The highest BCUT2D eigenvalue weighted by Gasteiger charge is 2.11. The van der Waals surface area contributed by atoms with Crippen LogP contribution in [0.1, 0.15) is 23.1 Å². The summed E-state index contributed by atoms with van der Waals surface area (Å²) >= 11 is 0. The molecule has 0 bridgehead atoms. The Morgan fingerprint density at radius 2 is 2.42 bits per heavy atom. The molecule has 12 heavy (non-hydrogen) atoms. The Morgan fingerprint density at radius 3 is 2.83 bits per heavy atom. The molecule has 2 N–H and O–H groups in total. The third-order valence-corrected chi connectivity index (χ3v) is 1.69. The Kier molecular flexibility index (Phi) is 2.44. The summed E-state index contributed by atoms with van der Waals surface area (Å²) in [5.41, 5.74) is 3.32. The number of nitrogens with one attached hydrogen (secondary N) is 1. The minimum atomic E-state index is 0.373. The van der Waals surface area contributed by atoms with Gasteiger partial charge in [0.25, 0.3) is 0 Å². The van der Waals surface area contributed by atoms with Gasteiger partial charge in [-0.15, -0.1) is 0 Å². The van der Waals surface area contributed by atoms with Crippen molar-refractivity contribution in [3.8, 4) is 0 Å². The normalized spacial score (nSPS) is 9.92. The molecular weight excluding hydrogens is 158 g/mol. The van der Waals surface area contributed by atoms with Crippen molar-refractivity contribution in [2.75, 3.05) is 5.48 Å². The molecule has 5 heteroatoms. The van der Waals surface area contributed by atoms with E-state index in [-0.39, 0.29) is 0 Å². The van der Waals surface area contributed by atoms with Gasteiger partial charge in [-0.2, -0.15) is 5.10 Å². The van der Waals surface area contributed by atoms with E-state index in [2.05, 4.69) is 5.10 Å². The van der Waals surface area contributed by atoms with Crippen LogP contribution in [0.25, 0.3) is 0 Å². The Bertz CT molecular complexity index is 293. The van der Waals surface area contributed by atoms with Crippen molar-refractivity contribution in [1.82, 2.24) is 9.78 Å². The van der Waals surface area contributed by atoms with Crippen molar-refractivity contribution in [1.29, 1.82) is 0 Å². The van der Waals surface area contributed by atoms with Gasteiger partial charge in [0.05, 0.1) is 5.69 Å². The van der Waals surface area contributed by atoms with Gasteiger partial charge in [-0.1, -0.05) is 0 Å². The third kappa shape index (κ3) is 1.18. The lowest BCUT2D eigenvalue weighted by molar-refractivity contribution is 0.111. The van der Waals surface area contributed by atoms with Crippen LogP contribution in [-0.4, -0.2) is 21.3 Å². The largest absolute Gasteiger partial charge is 0.296 e. The fourth-order valence-corrected chi connectivity index (χ4v) is 1.10. The van der Waals surface area contributed by atoms with Crippen LogP contribution in [-0.2, 0) is 6.54 Å². The maximum Gasteiger partial charge on any atom is 0.170 e. The Morgan fingerprint density at radius 1 is 1.75 bits per heavy atom.